The number of amidine groups is 1. The van der Waals surface area contributed by atoms with Crippen LogP contribution in [-0.4, -0.2) is 12.0 Å². The molecule has 0 bridgehead atoms. The van der Waals surface area contributed by atoms with E-state index >= 15 is 0 Å². The molecule has 0 aromatic heterocycles. The molecule has 1 heterocycles. The lowest BCUT2D eigenvalue weighted by Gasteiger charge is -2.33. The SMILES string of the molecule is C1=CC(C2NC(c3ccccc3)=NC(c3ccc4cc(-c5ccccc5-c5cccc6ccccc56)ccc4c3)N2)=CCC1. The zero-order valence-corrected chi connectivity index (χ0v) is 24.4. The van der Waals surface area contributed by atoms with E-state index in [2.05, 4.69) is 156 Å². The summed E-state index contributed by atoms with van der Waals surface area (Å²) in [7, 11) is 0. The molecular formula is C41H33N3. The van der Waals surface area contributed by atoms with Crippen molar-refractivity contribution in [2.75, 3.05) is 0 Å². The third-order valence-electron chi connectivity index (χ3n) is 8.77. The molecule has 1 aliphatic carbocycles. The van der Waals surface area contributed by atoms with Gasteiger partial charge in [0.1, 0.15) is 18.2 Å². The van der Waals surface area contributed by atoms with Crippen LogP contribution in [0.5, 0.6) is 0 Å². The molecule has 6 aromatic carbocycles. The van der Waals surface area contributed by atoms with Gasteiger partial charge >= 0.3 is 0 Å². The van der Waals surface area contributed by atoms with Crippen molar-refractivity contribution in [3.8, 4) is 22.3 Å². The van der Waals surface area contributed by atoms with Crippen LogP contribution in [-0.2, 0) is 0 Å². The van der Waals surface area contributed by atoms with Gasteiger partial charge in [-0.15, -0.1) is 0 Å². The van der Waals surface area contributed by atoms with Gasteiger partial charge in [0.05, 0.1) is 0 Å². The number of aliphatic imine (C=N–C) groups is 1. The number of benzene rings is 6. The fourth-order valence-electron chi connectivity index (χ4n) is 6.52. The van der Waals surface area contributed by atoms with E-state index in [0.717, 1.165) is 29.8 Å². The fraction of sp³-hybridized carbons (Fsp3) is 0.0976. The van der Waals surface area contributed by atoms with Crippen molar-refractivity contribution < 1.29 is 0 Å². The van der Waals surface area contributed by atoms with Crippen molar-refractivity contribution in [2.45, 2.75) is 25.2 Å². The Bertz CT molecular complexity index is 2080. The summed E-state index contributed by atoms with van der Waals surface area (Å²) in [4.78, 5) is 5.15. The quantitative estimate of drug-likeness (QED) is 0.218. The van der Waals surface area contributed by atoms with E-state index in [0.29, 0.717) is 0 Å². The van der Waals surface area contributed by atoms with Crippen LogP contribution in [0, 0.1) is 0 Å². The summed E-state index contributed by atoms with van der Waals surface area (Å²) in [5.74, 6) is 0.916. The van der Waals surface area contributed by atoms with Crippen molar-refractivity contribution in [1.82, 2.24) is 10.6 Å². The highest BCUT2D eigenvalue weighted by molar-refractivity contribution is 6.02. The van der Waals surface area contributed by atoms with Crippen LogP contribution in [0.4, 0.5) is 0 Å². The van der Waals surface area contributed by atoms with Gasteiger partial charge < -0.3 is 5.32 Å². The van der Waals surface area contributed by atoms with Crippen molar-refractivity contribution in [2.24, 2.45) is 4.99 Å². The van der Waals surface area contributed by atoms with Gasteiger partial charge in [0.25, 0.3) is 0 Å². The zero-order valence-electron chi connectivity index (χ0n) is 24.4. The molecule has 6 aromatic rings. The lowest BCUT2D eigenvalue weighted by Crippen LogP contribution is -2.52. The smallest absolute Gasteiger partial charge is 0.131 e. The van der Waals surface area contributed by atoms with E-state index < -0.39 is 0 Å². The van der Waals surface area contributed by atoms with Crippen LogP contribution in [0.2, 0.25) is 0 Å². The van der Waals surface area contributed by atoms with E-state index in [1.165, 1.54) is 49.4 Å². The Balaban J connectivity index is 1.16. The van der Waals surface area contributed by atoms with Crippen molar-refractivity contribution >= 4 is 27.4 Å². The molecule has 2 atom stereocenters. The van der Waals surface area contributed by atoms with Crippen LogP contribution in [0.1, 0.15) is 30.1 Å². The molecule has 0 saturated heterocycles. The van der Waals surface area contributed by atoms with E-state index in [4.69, 9.17) is 4.99 Å². The predicted molar refractivity (Wildman–Crippen MR) is 185 cm³/mol. The standard InChI is InChI=1S/C41H33N3/c1-3-13-29(14-4-1)39-42-40(30-15-5-2-6-16-30)44-41(43-39)34-25-23-31-26-33(24-22-32(31)27-34)36-19-9-10-20-37(36)38-21-11-17-28-12-7-8-18-35(28)38/h1,3-5,7-27,40-41,44H,2,6H2,(H,42,43). The summed E-state index contributed by atoms with van der Waals surface area (Å²) in [5.41, 5.74) is 8.48. The largest absolute Gasteiger partial charge is 0.350 e. The van der Waals surface area contributed by atoms with Crippen LogP contribution in [0.15, 0.2) is 162 Å². The maximum atomic E-state index is 5.15. The predicted octanol–water partition coefficient (Wildman–Crippen LogP) is 9.57. The Hall–Kier alpha value is -5.25. The molecule has 44 heavy (non-hydrogen) atoms. The molecule has 2 unspecified atom stereocenters. The molecule has 0 amide bonds. The Kier molecular flexibility index (Phi) is 6.86. The molecule has 212 valence electrons. The van der Waals surface area contributed by atoms with Gasteiger partial charge in [-0.05, 0) is 79.9 Å². The first-order valence-electron chi connectivity index (χ1n) is 15.4. The monoisotopic (exact) mass is 567 g/mol. The average molecular weight is 568 g/mol. The van der Waals surface area contributed by atoms with Crippen molar-refractivity contribution in [3.63, 3.8) is 0 Å². The minimum absolute atomic E-state index is 0.00658. The highest BCUT2D eigenvalue weighted by Gasteiger charge is 2.26. The number of allylic oxidation sites excluding steroid dienone is 2. The Labute approximate surface area is 258 Å². The molecule has 0 spiro atoms. The van der Waals surface area contributed by atoms with Crippen LogP contribution < -0.4 is 10.6 Å². The lowest BCUT2D eigenvalue weighted by molar-refractivity contribution is 0.440. The lowest BCUT2D eigenvalue weighted by atomic mass is 9.90. The maximum Gasteiger partial charge on any atom is 0.131 e. The molecule has 3 nitrogen and oxygen atoms in total. The highest BCUT2D eigenvalue weighted by Crippen LogP contribution is 2.37. The summed E-state index contributed by atoms with van der Waals surface area (Å²) in [5, 5.41) is 12.4. The third-order valence-corrected chi connectivity index (χ3v) is 8.77. The minimum Gasteiger partial charge on any atom is -0.350 e. The summed E-state index contributed by atoms with van der Waals surface area (Å²) < 4.78 is 0. The van der Waals surface area contributed by atoms with Gasteiger partial charge in [-0.25, -0.2) is 4.99 Å². The number of rotatable bonds is 5. The average Bonchev–Trinajstić information content (AvgIpc) is 3.11. The Morgan fingerprint density at radius 1 is 0.568 bits per heavy atom. The fourth-order valence-corrected chi connectivity index (χ4v) is 6.52. The number of nitrogens with zero attached hydrogens (tertiary/aromatic N) is 1. The van der Waals surface area contributed by atoms with Gasteiger partial charge in [0.2, 0.25) is 0 Å². The molecule has 2 aliphatic rings. The van der Waals surface area contributed by atoms with Gasteiger partial charge in [-0.2, -0.15) is 0 Å². The van der Waals surface area contributed by atoms with Gasteiger partial charge in [0.15, 0.2) is 0 Å². The summed E-state index contributed by atoms with van der Waals surface area (Å²) in [6, 6.07) is 47.9. The number of hydrogen-bond donors (Lipinski definition) is 2. The van der Waals surface area contributed by atoms with Gasteiger partial charge in [0, 0.05) is 5.56 Å². The molecule has 0 radical (unpaired) electrons. The minimum atomic E-state index is -0.163. The van der Waals surface area contributed by atoms with Gasteiger partial charge in [-0.3, -0.25) is 5.32 Å². The first-order valence-corrected chi connectivity index (χ1v) is 15.4. The molecule has 1 aliphatic heterocycles. The maximum absolute atomic E-state index is 5.15. The number of fused-ring (bicyclic) bond motifs is 2. The van der Waals surface area contributed by atoms with E-state index in [1.807, 2.05) is 6.07 Å². The van der Waals surface area contributed by atoms with Crippen molar-refractivity contribution in [3.05, 3.63) is 168 Å². The van der Waals surface area contributed by atoms with Crippen LogP contribution >= 0.6 is 0 Å². The normalized spacial score (nSPS) is 18.1. The summed E-state index contributed by atoms with van der Waals surface area (Å²) >= 11 is 0. The number of hydrogen-bond acceptors (Lipinski definition) is 3. The molecule has 3 heteroatoms. The van der Waals surface area contributed by atoms with E-state index in [1.54, 1.807) is 0 Å². The molecule has 2 N–H and O–H groups in total. The zero-order chi connectivity index (χ0) is 29.3. The van der Waals surface area contributed by atoms with Crippen molar-refractivity contribution in [1.29, 1.82) is 0 Å². The molecular weight excluding hydrogens is 534 g/mol. The summed E-state index contributed by atoms with van der Waals surface area (Å²) in [6.07, 6.45) is 8.81. The highest BCUT2D eigenvalue weighted by atomic mass is 15.3. The third kappa shape index (κ3) is 5.02. The molecule has 8 rings (SSSR count). The second kappa shape index (κ2) is 11.4. The second-order valence-corrected chi connectivity index (χ2v) is 11.6. The van der Waals surface area contributed by atoms with Crippen LogP contribution in [0.25, 0.3) is 43.8 Å². The topological polar surface area (TPSA) is 36.4 Å². The van der Waals surface area contributed by atoms with Crippen LogP contribution in [0.3, 0.4) is 0 Å². The van der Waals surface area contributed by atoms with E-state index in [-0.39, 0.29) is 12.3 Å². The Morgan fingerprint density at radius 3 is 2.20 bits per heavy atom. The Morgan fingerprint density at radius 2 is 1.32 bits per heavy atom. The first-order chi connectivity index (χ1) is 21.8. The molecule has 0 fully saturated rings. The molecule has 0 saturated carbocycles. The van der Waals surface area contributed by atoms with Gasteiger partial charge in [-0.1, -0.05) is 140 Å². The number of nitrogens with one attached hydrogen (secondary N) is 2. The first kappa shape index (κ1) is 26.4. The van der Waals surface area contributed by atoms with E-state index in [9.17, 15) is 0 Å². The second-order valence-electron chi connectivity index (χ2n) is 11.6. The summed E-state index contributed by atoms with van der Waals surface area (Å²) in [6.45, 7) is 0.